The van der Waals surface area contributed by atoms with Crippen LogP contribution in [-0.2, 0) is 6.42 Å². The number of halogens is 1. The van der Waals surface area contributed by atoms with Crippen LogP contribution in [0.3, 0.4) is 0 Å². The van der Waals surface area contributed by atoms with Gasteiger partial charge >= 0.3 is 0 Å². The van der Waals surface area contributed by atoms with E-state index >= 15 is 0 Å². The highest BCUT2D eigenvalue weighted by Crippen LogP contribution is 2.28. The number of pyridine rings is 1. The fourth-order valence-electron chi connectivity index (χ4n) is 2.03. The lowest BCUT2D eigenvalue weighted by atomic mass is 10.1. The molecule has 0 unspecified atom stereocenters. The fourth-order valence-corrected chi connectivity index (χ4v) is 2.51. The minimum absolute atomic E-state index is 0.537. The largest absolute Gasteiger partial charge is 0.369 e. The maximum absolute atomic E-state index is 4.72. The Bertz CT molecular complexity index is 608. The summed E-state index contributed by atoms with van der Waals surface area (Å²) in [6.45, 7) is 9.23. The summed E-state index contributed by atoms with van der Waals surface area (Å²) >= 11 is 3.63. The topological polar surface area (TPSA) is 50.7 Å². The van der Waals surface area contributed by atoms with E-state index in [1.165, 1.54) is 0 Å². The highest BCUT2D eigenvalue weighted by Gasteiger charge is 2.14. The first-order valence-electron chi connectivity index (χ1n) is 7.24. The van der Waals surface area contributed by atoms with Gasteiger partial charge in [-0.1, -0.05) is 13.8 Å². The number of aryl methyl sites for hydroxylation is 1. The van der Waals surface area contributed by atoms with E-state index in [-0.39, 0.29) is 0 Å². The SMILES string of the molecule is CCNc1nc(-c2ccc(C)nc2)nc(CC(C)C)c1Br. The molecule has 5 heteroatoms. The number of hydrogen-bond acceptors (Lipinski definition) is 4. The zero-order valence-corrected chi connectivity index (χ0v) is 14.5. The van der Waals surface area contributed by atoms with E-state index in [2.05, 4.69) is 52.0 Å². The Labute approximate surface area is 134 Å². The van der Waals surface area contributed by atoms with Crippen molar-refractivity contribution >= 4 is 21.7 Å². The first-order valence-corrected chi connectivity index (χ1v) is 8.03. The predicted octanol–water partition coefficient (Wildman–Crippen LogP) is 4.24. The summed E-state index contributed by atoms with van der Waals surface area (Å²) in [5.41, 5.74) is 2.97. The van der Waals surface area contributed by atoms with Gasteiger partial charge in [-0.05, 0) is 54.2 Å². The lowest BCUT2D eigenvalue weighted by Crippen LogP contribution is -2.08. The molecule has 1 N–H and O–H groups in total. The van der Waals surface area contributed by atoms with Gasteiger partial charge in [-0.2, -0.15) is 0 Å². The van der Waals surface area contributed by atoms with E-state index in [0.29, 0.717) is 5.92 Å². The molecule has 0 atom stereocenters. The predicted molar refractivity (Wildman–Crippen MR) is 90.4 cm³/mol. The van der Waals surface area contributed by atoms with Crippen LogP contribution in [0.15, 0.2) is 22.8 Å². The van der Waals surface area contributed by atoms with Crippen molar-refractivity contribution in [2.75, 3.05) is 11.9 Å². The number of aromatic nitrogens is 3. The summed E-state index contributed by atoms with van der Waals surface area (Å²) in [4.78, 5) is 13.7. The van der Waals surface area contributed by atoms with Crippen LogP contribution < -0.4 is 5.32 Å². The monoisotopic (exact) mass is 348 g/mol. The van der Waals surface area contributed by atoms with Gasteiger partial charge in [-0.15, -0.1) is 0 Å². The summed E-state index contributed by atoms with van der Waals surface area (Å²) in [6.07, 6.45) is 2.74. The molecule has 4 nitrogen and oxygen atoms in total. The average molecular weight is 349 g/mol. The minimum Gasteiger partial charge on any atom is -0.369 e. The van der Waals surface area contributed by atoms with Crippen LogP contribution in [0.2, 0.25) is 0 Å². The first-order chi connectivity index (χ1) is 10.0. The van der Waals surface area contributed by atoms with Crippen molar-refractivity contribution in [3.05, 3.63) is 34.2 Å². The second kappa shape index (κ2) is 6.98. The second-order valence-electron chi connectivity index (χ2n) is 5.47. The average Bonchev–Trinajstić information content (AvgIpc) is 2.43. The van der Waals surface area contributed by atoms with Gasteiger partial charge in [0.15, 0.2) is 5.82 Å². The Kier molecular flexibility index (Phi) is 5.28. The number of hydrogen-bond donors (Lipinski definition) is 1. The van der Waals surface area contributed by atoms with Gasteiger partial charge < -0.3 is 5.32 Å². The van der Waals surface area contributed by atoms with Crippen molar-refractivity contribution in [1.29, 1.82) is 0 Å². The van der Waals surface area contributed by atoms with Gasteiger partial charge in [0, 0.05) is 24.0 Å². The maximum Gasteiger partial charge on any atom is 0.163 e. The number of anilines is 1. The highest BCUT2D eigenvalue weighted by atomic mass is 79.9. The van der Waals surface area contributed by atoms with E-state index in [0.717, 1.165) is 46.0 Å². The molecular weight excluding hydrogens is 328 g/mol. The third-order valence-electron chi connectivity index (χ3n) is 3.04. The molecule has 0 saturated carbocycles. The van der Waals surface area contributed by atoms with E-state index in [1.54, 1.807) is 0 Å². The zero-order valence-electron chi connectivity index (χ0n) is 12.9. The molecule has 0 radical (unpaired) electrons. The van der Waals surface area contributed by atoms with Crippen LogP contribution in [0.25, 0.3) is 11.4 Å². The van der Waals surface area contributed by atoms with E-state index in [1.807, 2.05) is 25.3 Å². The van der Waals surface area contributed by atoms with E-state index in [9.17, 15) is 0 Å². The zero-order chi connectivity index (χ0) is 15.4. The number of rotatable bonds is 5. The third kappa shape index (κ3) is 4.00. The van der Waals surface area contributed by atoms with Crippen LogP contribution in [0.5, 0.6) is 0 Å². The molecule has 0 bridgehead atoms. The normalized spacial score (nSPS) is 11.0. The quantitative estimate of drug-likeness (QED) is 0.877. The molecular formula is C16H21BrN4. The van der Waals surface area contributed by atoms with Gasteiger partial charge in [0.05, 0.1) is 10.2 Å². The molecule has 0 aliphatic rings. The summed E-state index contributed by atoms with van der Waals surface area (Å²) < 4.78 is 0.960. The molecule has 2 rings (SSSR count). The van der Waals surface area contributed by atoms with E-state index in [4.69, 9.17) is 4.98 Å². The molecule has 0 aliphatic heterocycles. The summed E-state index contributed by atoms with van der Waals surface area (Å²) in [7, 11) is 0. The maximum atomic E-state index is 4.72. The molecule has 0 fully saturated rings. The minimum atomic E-state index is 0.537. The molecule has 2 aromatic rings. The van der Waals surface area contributed by atoms with Gasteiger partial charge in [0.25, 0.3) is 0 Å². The van der Waals surface area contributed by atoms with Crippen molar-refractivity contribution in [1.82, 2.24) is 15.0 Å². The van der Waals surface area contributed by atoms with Crippen LogP contribution in [0, 0.1) is 12.8 Å². The molecule has 0 saturated heterocycles. The van der Waals surface area contributed by atoms with Gasteiger partial charge in [0.2, 0.25) is 0 Å². The molecule has 0 amide bonds. The van der Waals surface area contributed by atoms with Gasteiger partial charge in [-0.25, -0.2) is 9.97 Å². The highest BCUT2D eigenvalue weighted by molar-refractivity contribution is 9.10. The Morgan fingerprint density at radius 1 is 1.24 bits per heavy atom. The van der Waals surface area contributed by atoms with E-state index < -0.39 is 0 Å². The van der Waals surface area contributed by atoms with Crippen molar-refractivity contribution in [2.45, 2.75) is 34.1 Å². The van der Waals surface area contributed by atoms with Crippen molar-refractivity contribution in [2.24, 2.45) is 5.92 Å². The molecule has 2 heterocycles. The molecule has 0 aliphatic carbocycles. The lowest BCUT2D eigenvalue weighted by molar-refractivity contribution is 0.632. The molecule has 21 heavy (non-hydrogen) atoms. The summed E-state index contributed by atoms with van der Waals surface area (Å²) in [5, 5.41) is 3.29. The Hall–Kier alpha value is -1.49. The summed E-state index contributed by atoms with van der Waals surface area (Å²) in [5.74, 6) is 2.10. The van der Waals surface area contributed by atoms with Gasteiger partial charge in [0.1, 0.15) is 5.82 Å². The Morgan fingerprint density at radius 3 is 2.57 bits per heavy atom. The van der Waals surface area contributed by atoms with Crippen LogP contribution in [0.4, 0.5) is 5.82 Å². The standard InChI is InChI=1S/C16H21BrN4/c1-5-18-16-14(17)13(8-10(2)3)20-15(21-16)12-7-6-11(4)19-9-12/h6-7,9-10H,5,8H2,1-4H3,(H,18,20,21). The molecule has 0 spiro atoms. The van der Waals surface area contributed by atoms with Crippen LogP contribution in [-0.4, -0.2) is 21.5 Å². The van der Waals surface area contributed by atoms with Crippen molar-refractivity contribution in [3.8, 4) is 11.4 Å². The Morgan fingerprint density at radius 2 is 2.00 bits per heavy atom. The van der Waals surface area contributed by atoms with Crippen LogP contribution >= 0.6 is 15.9 Å². The summed E-state index contributed by atoms with van der Waals surface area (Å²) in [6, 6.07) is 4.00. The fraction of sp³-hybridized carbons (Fsp3) is 0.438. The first kappa shape index (κ1) is 15.9. The lowest BCUT2D eigenvalue weighted by Gasteiger charge is -2.13. The molecule has 2 aromatic heterocycles. The van der Waals surface area contributed by atoms with Crippen molar-refractivity contribution in [3.63, 3.8) is 0 Å². The number of nitrogens with zero attached hydrogens (tertiary/aromatic N) is 3. The molecule has 0 aromatic carbocycles. The van der Waals surface area contributed by atoms with Crippen LogP contribution in [0.1, 0.15) is 32.2 Å². The van der Waals surface area contributed by atoms with Gasteiger partial charge in [-0.3, -0.25) is 4.98 Å². The third-order valence-corrected chi connectivity index (χ3v) is 3.87. The smallest absolute Gasteiger partial charge is 0.163 e. The number of nitrogens with one attached hydrogen (secondary N) is 1. The molecule has 112 valence electrons. The second-order valence-corrected chi connectivity index (χ2v) is 6.27. The van der Waals surface area contributed by atoms with Crippen molar-refractivity contribution < 1.29 is 0 Å². The Balaban J connectivity index is 2.49.